The minimum atomic E-state index is -0.600. The van der Waals surface area contributed by atoms with Crippen molar-refractivity contribution >= 4 is 5.82 Å². The van der Waals surface area contributed by atoms with E-state index in [1.807, 2.05) is 6.92 Å². The third-order valence-electron chi connectivity index (χ3n) is 2.26. The lowest BCUT2D eigenvalue weighted by molar-refractivity contribution is 0.340. The van der Waals surface area contributed by atoms with Crippen LogP contribution in [-0.4, -0.2) is 16.6 Å². The molecule has 1 heterocycles. The number of nitrogens with two attached hydrogens (primary N) is 1. The van der Waals surface area contributed by atoms with E-state index in [0.29, 0.717) is 12.2 Å². The molecule has 0 aliphatic carbocycles. The second-order valence-corrected chi connectivity index (χ2v) is 3.38. The average molecular weight is 233 g/mol. The highest BCUT2D eigenvalue weighted by Crippen LogP contribution is 2.24. The maximum atomic E-state index is 13.7. The van der Waals surface area contributed by atoms with Gasteiger partial charge < -0.3 is 10.5 Å². The van der Waals surface area contributed by atoms with Gasteiger partial charge in [0, 0.05) is 5.56 Å². The Balaban J connectivity index is 2.36. The van der Waals surface area contributed by atoms with Crippen LogP contribution in [0.25, 0.3) is 11.3 Å². The maximum absolute atomic E-state index is 13.7. The Morgan fingerprint density at radius 3 is 2.59 bits per heavy atom. The summed E-state index contributed by atoms with van der Waals surface area (Å²) < 4.78 is 19.0. The van der Waals surface area contributed by atoms with Gasteiger partial charge in [0.15, 0.2) is 11.6 Å². The summed E-state index contributed by atoms with van der Waals surface area (Å²) in [5.74, 6) is -0.0146. The highest BCUT2D eigenvalue weighted by molar-refractivity contribution is 5.63. The fourth-order valence-electron chi connectivity index (χ4n) is 1.46. The lowest BCUT2D eigenvalue weighted by Crippen LogP contribution is -1.99. The van der Waals surface area contributed by atoms with Crippen LogP contribution in [0.15, 0.2) is 30.6 Å². The number of aromatic nitrogens is 2. The van der Waals surface area contributed by atoms with Gasteiger partial charge in [0.2, 0.25) is 0 Å². The molecule has 1 aromatic heterocycles. The summed E-state index contributed by atoms with van der Waals surface area (Å²) in [6.07, 6.45) is 1.24. The number of benzene rings is 1. The third kappa shape index (κ3) is 2.33. The number of rotatable bonds is 3. The van der Waals surface area contributed by atoms with E-state index >= 15 is 0 Å². The average Bonchev–Trinajstić information content (AvgIpc) is 2.34. The number of hydrogen-bond acceptors (Lipinski definition) is 4. The normalized spacial score (nSPS) is 10.2. The van der Waals surface area contributed by atoms with Crippen LogP contribution in [-0.2, 0) is 0 Å². The Morgan fingerprint density at radius 2 is 1.94 bits per heavy atom. The van der Waals surface area contributed by atoms with Gasteiger partial charge in [0.05, 0.1) is 6.61 Å². The van der Waals surface area contributed by atoms with Gasteiger partial charge in [-0.2, -0.15) is 0 Å². The number of ether oxygens (including phenoxy) is 1. The van der Waals surface area contributed by atoms with Gasteiger partial charge in [0.25, 0.3) is 0 Å². The second kappa shape index (κ2) is 4.78. The molecule has 1 aromatic carbocycles. The molecule has 0 amide bonds. The monoisotopic (exact) mass is 233 g/mol. The van der Waals surface area contributed by atoms with Crippen LogP contribution in [0.2, 0.25) is 0 Å². The van der Waals surface area contributed by atoms with Gasteiger partial charge in [-0.15, -0.1) is 0 Å². The minimum Gasteiger partial charge on any atom is -0.494 e. The molecule has 88 valence electrons. The van der Waals surface area contributed by atoms with E-state index in [9.17, 15) is 4.39 Å². The molecule has 5 heteroatoms. The molecule has 0 bridgehead atoms. The molecular weight excluding hydrogens is 221 g/mol. The van der Waals surface area contributed by atoms with Gasteiger partial charge in [-0.25, -0.2) is 14.4 Å². The molecule has 0 aliphatic rings. The van der Waals surface area contributed by atoms with Crippen molar-refractivity contribution in [1.82, 2.24) is 9.97 Å². The third-order valence-corrected chi connectivity index (χ3v) is 2.26. The standard InChI is InChI=1S/C12H12FN3O/c1-2-17-9-5-3-8(4-6-9)11-10(13)12(14)16-7-15-11/h3-7H,2H2,1H3,(H2,14,15,16). The summed E-state index contributed by atoms with van der Waals surface area (Å²) in [6.45, 7) is 2.49. The molecule has 2 aromatic rings. The van der Waals surface area contributed by atoms with Crippen LogP contribution in [0.1, 0.15) is 6.92 Å². The van der Waals surface area contributed by atoms with Crippen molar-refractivity contribution < 1.29 is 9.13 Å². The zero-order valence-corrected chi connectivity index (χ0v) is 9.35. The van der Waals surface area contributed by atoms with Gasteiger partial charge in [0.1, 0.15) is 17.8 Å². The fraction of sp³-hybridized carbons (Fsp3) is 0.167. The smallest absolute Gasteiger partial charge is 0.191 e. The molecular formula is C12H12FN3O. The predicted octanol–water partition coefficient (Wildman–Crippen LogP) is 2.26. The summed E-state index contributed by atoms with van der Waals surface area (Å²) >= 11 is 0. The zero-order chi connectivity index (χ0) is 12.3. The second-order valence-electron chi connectivity index (χ2n) is 3.38. The molecule has 0 aliphatic heterocycles. The van der Waals surface area contributed by atoms with Crippen molar-refractivity contribution in [2.75, 3.05) is 12.3 Å². The zero-order valence-electron chi connectivity index (χ0n) is 9.35. The number of nitrogen functional groups attached to an aromatic ring is 1. The van der Waals surface area contributed by atoms with Crippen molar-refractivity contribution in [2.24, 2.45) is 0 Å². The van der Waals surface area contributed by atoms with Crippen LogP contribution in [0.3, 0.4) is 0 Å². The van der Waals surface area contributed by atoms with Gasteiger partial charge in [-0.05, 0) is 31.2 Å². The van der Waals surface area contributed by atoms with E-state index in [2.05, 4.69) is 9.97 Å². The molecule has 0 fully saturated rings. The number of hydrogen-bond donors (Lipinski definition) is 1. The quantitative estimate of drug-likeness (QED) is 0.883. The van der Waals surface area contributed by atoms with Crippen molar-refractivity contribution in [3.63, 3.8) is 0 Å². The molecule has 0 saturated carbocycles. The predicted molar refractivity (Wildman–Crippen MR) is 63.0 cm³/mol. The Kier molecular flexibility index (Phi) is 3.18. The number of halogens is 1. The minimum absolute atomic E-state index is 0.149. The fourth-order valence-corrected chi connectivity index (χ4v) is 1.46. The molecule has 0 atom stereocenters. The van der Waals surface area contributed by atoms with E-state index in [-0.39, 0.29) is 11.5 Å². The summed E-state index contributed by atoms with van der Waals surface area (Å²) in [7, 11) is 0. The first-order valence-electron chi connectivity index (χ1n) is 5.21. The Morgan fingerprint density at radius 1 is 1.24 bits per heavy atom. The van der Waals surface area contributed by atoms with Crippen LogP contribution < -0.4 is 10.5 Å². The van der Waals surface area contributed by atoms with Crippen molar-refractivity contribution in [2.45, 2.75) is 6.92 Å². The Labute approximate surface area is 98.3 Å². The topological polar surface area (TPSA) is 61.0 Å². The summed E-state index contributed by atoms with van der Waals surface area (Å²) in [6, 6.07) is 6.98. The lowest BCUT2D eigenvalue weighted by Gasteiger charge is -2.06. The summed E-state index contributed by atoms with van der Waals surface area (Å²) in [4.78, 5) is 7.46. The summed E-state index contributed by atoms with van der Waals surface area (Å²) in [5, 5.41) is 0. The van der Waals surface area contributed by atoms with Gasteiger partial charge >= 0.3 is 0 Å². The van der Waals surface area contributed by atoms with E-state index < -0.39 is 5.82 Å². The van der Waals surface area contributed by atoms with E-state index in [1.54, 1.807) is 24.3 Å². The van der Waals surface area contributed by atoms with E-state index in [1.165, 1.54) is 6.33 Å². The lowest BCUT2D eigenvalue weighted by atomic mass is 10.1. The number of nitrogens with zero attached hydrogens (tertiary/aromatic N) is 2. The van der Waals surface area contributed by atoms with E-state index in [0.717, 1.165) is 5.75 Å². The summed E-state index contributed by atoms with van der Waals surface area (Å²) in [5.41, 5.74) is 6.22. The molecule has 0 unspecified atom stereocenters. The van der Waals surface area contributed by atoms with E-state index in [4.69, 9.17) is 10.5 Å². The molecule has 0 spiro atoms. The van der Waals surface area contributed by atoms with Crippen molar-refractivity contribution in [1.29, 1.82) is 0 Å². The molecule has 4 nitrogen and oxygen atoms in total. The van der Waals surface area contributed by atoms with Gasteiger partial charge in [-0.3, -0.25) is 0 Å². The van der Waals surface area contributed by atoms with Crippen LogP contribution in [0, 0.1) is 5.82 Å². The first-order valence-corrected chi connectivity index (χ1v) is 5.21. The maximum Gasteiger partial charge on any atom is 0.191 e. The van der Waals surface area contributed by atoms with Crippen molar-refractivity contribution in [3.05, 3.63) is 36.4 Å². The van der Waals surface area contributed by atoms with Crippen LogP contribution in [0.5, 0.6) is 5.75 Å². The molecule has 2 N–H and O–H groups in total. The van der Waals surface area contributed by atoms with Crippen LogP contribution in [0.4, 0.5) is 10.2 Å². The molecule has 0 saturated heterocycles. The largest absolute Gasteiger partial charge is 0.494 e. The molecule has 2 rings (SSSR count). The Hall–Kier alpha value is -2.17. The molecule has 17 heavy (non-hydrogen) atoms. The van der Waals surface area contributed by atoms with Gasteiger partial charge in [-0.1, -0.05) is 0 Å². The highest BCUT2D eigenvalue weighted by Gasteiger charge is 2.10. The molecule has 0 radical (unpaired) electrons. The number of anilines is 1. The Bertz CT molecular complexity index is 514. The first-order chi connectivity index (χ1) is 8.22. The first kappa shape index (κ1) is 11.3. The highest BCUT2D eigenvalue weighted by atomic mass is 19.1. The van der Waals surface area contributed by atoms with Crippen LogP contribution >= 0.6 is 0 Å². The van der Waals surface area contributed by atoms with Crippen molar-refractivity contribution in [3.8, 4) is 17.0 Å². The SMILES string of the molecule is CCOc1ccc(-c2ncnc(N)c2F)cc1.